The zero-order valence-corrected chi connectivity index (χ0v) is 12.1. The van der Waals surface area contributed by atoms with Crippen molar-refractivity contribution < 1.29 is 9.53 Å². The molecular formula is C15H24N2O2. The van der Waals surface area contributed by atoms with Crippen LogP contribution in [0.5, 0.6) is 5.75 Å². The van der Waals surface area contributed by atoms with Crippen molar-refractivity contribution in [2.75, 3.05) is 7.11 Å². The van der Waals surface area contributed by atoms with E-state index in [4.69, 9.17) is 10.5 Å². The van der Waals surface area contributed by atoms with Crippen LogP contribution in [0, 0.1) is 5.92 Å². The van der Waals surface area contributed by atoms with Gasteiger partial charge < -0.3 is 15.8 Å². The van der Waals surface area contributed by atoms with Gasteiger partial charge in [0.2, 0.25) is 5.91 Å². The Labute approximate surface area is 115 Å². The Morgan fingerprint density at radius 1 is 1.32 bits per heavy atom. The minimum atomic E-state index is -0.107. The van der Waals surface area contributed by atoms with E-state index >= 15 is 0 Å². The van der Waals surface area contributed by atoms with Crippen LogP contribution in [0.4, 0.5) is 0 Å². The summed E-state index contributed by atoms with van der Waals surface area (Å²) in [5.74, 6) is 1.05. The van der Waals surface area contributed by atoms with Crippen LogP contribution in [0.15, 0.2) is 24.3 Å². The molecular weight excluding hydrogens is 240 g/mol. The highest BCUT2D eigenvalue weighted by molar-refractivity contribution is 5.77. The number of para-hydroxylation sites is 1. The van der Waals surface area contributed by atoms with Crippen LogP contribution >= 0.6 is 0 Å². The normalized spacial score (nSPS) is 14.0. The van der Waals surface area contributed by atoms with Crippen LogP contribution in [0.3, 0.4) is 0 Å². The van der Waals surface area contributed by atoms with E-state index in [1.165, 1.54) is 0 Å². The molecule has 1 aromatic carbocycles. The quantitative estimate of drug-likeness (QED) is 0.828. The van der Waals surface area contributed by atoms with Crippen LogP contribution in [-0.4, -0.2) is 19.1 Å². The molecule has 2 unspecified atom stereocenters. The van der Waals surface area contributed by atoms with E-state index in [0.29, 0.717) is 12.3 Å². The van der Waals surface area contributed by atoms with E-state index in [1.54, 1.807) is 7.11 Å². The first-order valence-corrected chi connectivity index (χ1v) is 6.63. The molecule has 0 radical (unpaired) electrons. The van der Waals surface area contributed by atoms with Crippen LogP contribution in [-0.2, 0) is 4.79 Å². The molecule has 0 aliphatic rings. The minimum Gasteiger partial charge on any atom is -0.496 e. The van der Waals surface area contributed by atoms with Crippen molar-refractivity contribution in [2.24, 2.45) is 11.7 Å². The van der Waals surface area contributed by atoms with Crippen molar-refractivity contribution in [1.29, 1.82) is 0 Å². The number of nitrogens with one attached hydrogen (secondary N) is 1. The van der Waals surface area contributed by atoms with E-state index in [-0.39, 0.29) is 18.0 Å². The second kappa shape index (κ2) is 7.14. The van der Waals surface area contributed by atoms with Crippen LogP contribution < -0.4 is 15.8 Å². The Bertz CT molecular complexity index is 418. The predicted molar refractivity (Wildman–Crippen MR) is 77.0 cm³/mol. The molecule has 3 N–H and O–H groups in total. The van der Waals surface area contributed by atoms with Gasteiger partial charge in [0.25, 0.3) is 0 Å². The maximum atomic E-state index is 11.9. The van der Waals surface area contributed by atoms with Crippen LogP contribution in [0.1, 0.15) is 38.8 Å². The molecule has 2 atom stereocenters. The van der Waals surface area contributed by atoms with Gasteiger partial charge in [-0.3, -0.25) is 4.79 Å². The molecule has 1 amide bonds. The molecule has 4 nitrogen and oxygen atoms in total. The summed E-state index contributed by atoms with van der Waals surface area (Å²) in [6, 6.07) is 7.48. The van der Waals surface area contributed by atoms with Gasteiger partial charge >= 0.3 is 0 Å². The number of carbonyl (C=O) groups excluding carboxylic acids is 1. The number of methoxy groups -OCH3 is 1. The maximum absolute atomic E-state index is 11.9. The van der Waals surface area contributed by atoms with Gasteiger partial charge in [0.1, 0.15) is 5.75 Å². The Morgan fingerprint density at radius 3 is 2.53 bits per heavy atom. The second-order valence-corrected chi connectivity index (χ2v) is 5.14. The lowest BCUT2D eigenvalue weighted by molar-refractivity contribution is -0.122. The fraction of sp³-hybridized carbons (Fsp3) is 0.533. The summed E-state index contributed by atoms with van der Waals surface area (Å²) in [5.41, 5.74) is 6.87. The molecule has 0 fully saturated rings. The molecule has 106 valence electrons. The monoisotopic (exact) mass is 264 g/mol. The summed E-state index contributed by atoms with van der Waals surface area (Å²) in [6.07, 6.45) is 0.344. The summed E-state index contributed by atoms with van der Waals surface area (Å²) in [6.45, 7) is 5.97. The molecule has 1 rings (SSSR count). The van der Waals surface area contributed by atoms with Crippen molar-refractivity contribution in [3.05, 3.63) is 29.8 Å². The van der Waals surface area contributed by atoms with E-state index in [0.717, 1.165) is 11.3 Å². The third kappa shape index (κ3) is 4.56. The molecule has 0 saturated carbocycles. The molecule has 0 heterocycles. The van der Waals surface area contributed by atoms with Crippen molar-refractivity contribution in [3.8, 4) is 5.75 Å². The largest absolute Gasteiger partial charge is 0.496 e. The fourth-order valence-electron chi connectivity index (χ4n) is 1.85. The smallest absolute Gasteiger partial charge is 0.222 e. The third-order valence-electron chi connectivity index (χ3n) is 3.26. The van der Waals surface area contributed by atoms with Crippen molar-refractivity contribution >= 4 is 5.91 Å². The first kappa shape index (κ1) is 15.5. The first-order chi connectivity index (χ1) is 8.95. The molecule has 0 saturated heterocycles. The first-order valence-electron chi connectivity index (χ1n) is 6.63. The summed E-state index contributed by atoms with van der Waals surface area (Å²) < 4.78 is 5.29. The standard InChI is InChI=1S/C15H24N2O2/c1-10(2)13(16)9-15(18)17-11(3)12-7-5-6-8-14(12)19-4/h5-8,10-11,13H,9,16H2,1-4H3,(H,17,18). The number of hydrogen-bond donors (Lipinski definition) is 2. The van der Waals surface area contributed by atoms with Gasteiger partial charge in [0.05, 0.1) is 13.2 Å². The van der Waals surface area contributed by atoms with Gasteiger partial charge in [0, 0.05) is 18.0 Å². The summed E-state index contributed by atoms with van der Waals surface area (Å²) >= 11 is 0. The van der Waals surface area contributed by atoms with Crippen molar-refractivity contribution in [2.45, 2.75) is 39.3 Å². The van der Waals surface area contributed by atoms with Crippen LogP contribution in [0.25, 0.3) is 0 Å². The summed E-state index contributed by atoms with van der Waals surface area (Å²) in [4.78, 5) is 11.9. The van der Waals surface area contributed by atoms with Gasteiger partial charge in [-0.1, -0.05) is 32.0 Å². The number of amides is 1. The number of benzene rings is 1. The Balaban J connectivity index is 2.64. The number of ether oxygens (including phenoxy) is 1. The minimum absolute atomic E-state index is 0.0281. The SMILES string of the molecule is COc1ccccc1C(C)NC(=O)CC(N)C(C)C. The van der Waals surface area contributed by atoms with Crippen LogP contribution in [0.2, 0.25) is 0 Å². The number of nitrogens with two attached hydrogens (primary N) is 1. The molecule has 19 heavy (non-hydrogen) atoms. The van der Waals surface area contributed by atoms with Gasteiger partial charge in [-0.15, -0.1) is 0 Å². The zero-order valence-electron chi connectivity index (χ0n) is 12.1. The molecule has 0 aliphatic heterocycles. The maximum Gasteiger partial charge on any atom is 0.222 e. The molecule has 0 aliphatic carbocycles. The van der Waals surface area contributed by atoms with Gasteiger partial charge in [-0.25, -0.2) is 0 Å². The number of rotatable bonds is 6. The van der Waals surface area contributed by atoms with E-state index in [1.807, 2.05) is 45.0 Å². The molecule has 0 aromatic heterocycles. The Morgan fingerprint density at radius 2 is 1.95 bits per heavy atom. The van der Waals surface area contributed by atoms with E-state index < -0.39 is 0 Å². The van der Waals surface area contributed by atoms with E-state index in [9.17, 15) is 4.79 Å². The molecule has 1 aromatic rings. The molecule has 0 spiro atoms. The predicted octanol–water partition coefficient (Wildman–Crippen LogP) is 2.25. The van der Waals surface area contributed by atoms with Gasteiger partial charge in [0.15, 0.2) is 0 Å². The van der Waals surface area contributed by atoms with E-state index in [2.05, 4.69) is 5.32 Å². The van der Waals surface area contributed by atoms with Gasteiger partial charge in [-0.2, -0.15) is 0 Å². The Hall–Kier alpha value is -1.55. The Kier molecular flexibility index (Phi) is 5.83. The summed E-state index contributed by atoms with van der Waals surface area (Å²) in [7, 11) is 1.63. The highest BCUT2D eigenvalue weighted by Crippen LogP contribution is 2.24. The lowest BCUT2D eigenvalue weighted by atomic mass is 10.0. The average molecular weight is 264 g/mol. The molecule has 0 bridgehead atoms. The highest BCUT2D eigenvalue weighted by Gasteiger charge is 2.17. The fourth-order valence-corrected chi connectivity index (χ4v) is 1.85. The van der Waals surface area contributed by atoms with Crippen molar-refractivity contribution in [3.63, 3.8) is 0 Å². The third-order valence-corrected chi connectivity index (χ3v) is 3.26. The van der Waals surface area contributed by atoms with Crippen molar-refractivity contribution in [1.82, 2.24) is 5.32 Å². The molecule has 4 heteroatoms. The van der Waals surface area contributed by atoms with Gasteiger partial charge in [-0.05, 0) is 18.9 Å². The number of carbonyl (C=O) groups is 1. The second-order valence-electron chi connectivity index (χ2n) is 5.14. The lowest BCUT2D eigenvalue weighted by Gasteiger charge is -2.20. The zero-order chi connectivity index (χ0) is 14.4. The lowest BCUT2D eigenvalue weighted by Crippen LogP contribution is -2.35. The highest BCUT2D eigenvalue weighted by atomic mass is 16.5. The topological polar surface area (TPSA) is 64.3 Å². The summed E-state index contributed by atoms with van der Waals surface area (Å²) in [5, 5.41) is 2.96. The average Bonchev–Trinajstić information content (AvgIpc) is 2.38. The number of hydrogen-bond acceptors (Lipinski definition) is 3.